The number of rotatable bonds is 8. The number of halogens is 1. The molecule has 0 aliphatic carbocycles. The molecule has 0 bridgehead atoms. The van der Waals surface area contributed by atoms with Gasteiger partial charge in [0, 0.05) is 12.2 Å². The number of aliphatic carboxylic acids is 1. The van der Waals surface area contributed by atoms with Gasteiger partial charge in [0.25, 0.3) is 0 Å². The lowest BCUT2D eigenvalue weighted by atomic mass is 10.0. The molecule has 1 N–H and O–H groups in total. The van der Waals surface area contributed by atoms with Gasteiger partial charge in [-0.15, -0.1) is 0 Å². The molecule has 1 aromatic carbocycles. The zero-order valence-corrected chi connectivity index (χ0v) is 13.1. The molecule has 7 heteroatoms. The van der Waals surface area contributed by atoms with Crippen molar-refractivity contribution in [3.63, 3.8) is 0 Å². The van der Waals surface area contributed by atoms with Crippen LogP contribution in [0.4, 0.5) is 4.39 Å². The Bertz CT molecular complexity index is 590. The van der Waals surface area contributed by atoms with E-state index in [1.165, 1.54) is 25.1 Å². The van der Waals surface area contributed by atoms with Crippen LogP contribution >= 0.6 is 0 Å². The highest BCUT2D eigenvalue weighted by Gasteiger charge is 2.29. The zero-order chi connectivity index (χ0) is 16.8. The predicted octanol–water partition coefficient (Wildman–Crippen LogP) is 2.60. The second-order valence-corrected chi connectivity index (χ2v) is 5.22. The van der Waals surface area contributed by atoms with E-state index in [2.05, 4.69) is 12.1 Å². The highest BCUT2D eigenvalue weighted by Crippen LogP contribution is 2.26. The van der Waals surface area contributed by atoms with Crippen LogP contribution in [0.25, 0.3) is 0 Å². The minimum atomic E-state index is -1.11. The zero-order valence-electron chi connectivity index (χ0n) is 13.1. The molecule has 0 saturated carbocycles. The van der Waals surface area contributed by atoms with Crippen LogP contribution in [-0.4, -0.2) is 42.2 Å². The van der Waals surface area contributed by atoms with E-state index in [9.17, 15) is 9.18 Å². The fourth-order valence-corrected chi connectivity index (χ4v) is 2.08. The molecule has 2 atom stereocenters. The van der Waals surface area contributed by atoms with Crippen molar-refractivity contribution in [1.82, 2.24) is 0 Å². The maximum absolute atomic E-state index is 13.6. The number of ether oxygens (including phenoxy) is 2. The second-order valence-electron chi connectivity index (χ2n) is 5.22. The highest BCUT2D eigenvalue weighted by atomic mass is 19.1. The van der Waals surface area contributed by atoms with Gasteiger partial charge in [0.05, 0.1) is 0 Å². The number of benzene rings is 1. The molecule has 0 spiro atoms. The van der Waals surface area contributed by atoms with Crippen LogP contribution in [0, 0.1) is 5.82 Å². The van der Waals surface area contributed by atoms with Gasteiger partial charge in [-0.2, -0.15) is 0 Å². The molecular formula is C16H20FNO5. The SMILES string of the molecule is CCCCOC1CON=C1c1cc(F)ccc1OC(C)C(=O)O. The Balaban J connectivity index is 2.22. The summed E-state index contributed by atoms with van der Waals surface area (Å²) in [5.74, 6) is -1.35. The monoisotopic (exact) mass is 325 g/mol. The number of unbranched alkanes of at least 4 members (excludes halogenated alkanes) is 1. The molecule has 0 aromatic heterocycles. The lowest BCUT2D eigenvalue weighted by molar-refractivity contribution is -0.144. The summed E-state index contributed by atoms with van der Waals surface area (Å²) in [5, 5.41) is 12.9. The van der Waals surface area contributed by atoms with Crippen molar-refractivity contribution in [3.05, 3.63) is 29.6 Å². The Morgan fingerprint density at radius 3 is 3.04 bits per heavy atom. The largest absolute Gasteiger partial charge is 0.479 e. The normalized spacial score (nSPS) is 18.2. The summed E-state index contributed by atoms with van der Waals surface area (Å²) in [6, 6.07) is 3.83. The van der Waals surface area contributed by atoms with Crippen LogP contribution in [0.3, 0.4) is 0 Å². The lowest BCUT2D eigenvalue weighted by Gasteiger charge is -2.17. The molecule has 0 amide bonds. The topological polar surface area (TPSA) is 77.3 Å². The van der Waals surface area contributed by atoms with Crippen molar-refractivity contribution in [1.29, 1.82) is 0 Å². The molecule has 0 fully saturated rings. The molecule has 126 valence electrons. The predicted molar refractivity (Wildman–Crippen MR) is 81.3 cm³/mol. The van der Waals surface area contributed by atoms with Crippen LogP contribution in [0.2, 0.25) is 0 Å². The summed E-state index contributed by atoms with van der Waals surface area (Å²) in [4.78, 5) is 16.0. The maximum Gasteiger partial charge on any atom is 0.344 e. The minimum absolute atomic E-state index is 0.231. The van der Waals surface area contributed by atoms with Gasteiger partial charge in [-0.3, -0.25) is 0 Å². The van der Waals surface area contributed by atoms with Crippen molar-refractivity contribution in [2.75, 3.05) is 13.2 Å². The second kappa shape index (κ2) is 7.92. The van der Waals surface area contributed by atoms with Gasteiger partial charge in [0.1, 0.15) is 30.0 Å². The quantitative estimate of drug-likeness (QED) is 0.743. The van der Waals surface area contributed by atoms with E-state index < -0.39 is 24.0 Å². The fraction of sp³-hybridized carbons (Fsp3) is 0.500. The van der Waals surface area contributed by atoms with Gasteiger partial charge in [-0.1, -0.05) is 18.5 Å². The van der Waals surface area contributed by atoms with Crippen molar-refractivity contribution in [2.45, 2.75) is 38.9 Å². The summed E-state index contributed by atoms with van der Waals surface area (Å²) in [6.45, 7) is 4.23. The molecule has 1 aromatic rings. The Morgan fingerprint density at radius 2 is 2.35 bits per heavy atom. The first-order chi connectivity index (χ1) is 11.0. The number of hydrogen-bond donors (Lipinski definition) is 1. The summed E-state index contributed by atoms with van der Waals surface area (Å²) < 4.78 is 24.7. The number of carboxylic acids is 1. The number of oxime groups is 1. The van der Waals surface area contributed by atoms with E-state index in [1.54, 1.807) is 0 Å². The number of nitrogens with zero attached hydrogens (tertiary/aromatic N) is 1. The summed E-state index contributed by atoms with van der Waals surface area (Å²) >= 11 is 0. The van der Waals surface area contributed by atoms with Crippen molar-refractivity contribution in [3.8, 4) is 5.75 Å². The molecular weight excluding hydrogens is 305 g/mol. The number of hydrogen-bond acceptors (Lipinski definition) is 5. The molecule has 2 rings (SSSR count). The molecule has 1 heterocycles. The van der Waals surface area contributed by atoms with E-state index in [0.29, 0.717) is 17.9 Å². The Kier molecular flexibility index (Phi) is 5.92. The molecule has 23 heavy (non-hydrogen) atoms. The minimum Gasteiger partial charge on any atom is -0.479 e. The van der Waals surface area contributed by atoms with Gasteiger partial charge >= 0.3 is 5.97 Å². The van der Waals surface area contributed by atoms with Gasteiger partial charge in [-0.25, -0.2) is 9.18 Å². The van der Waals surface area contributed by atoms with Crippen molar-refractivity contribution >= 4 is 11.7 Å². The molecule has 0 saturated heterocycles. The van der Waals surface area contributed by atoms with E-state index in [1.807, 2.05) is 0 Å². The Labute approximate surface area is 133 Å². The lowest BCUT2D eigenvalue weighted by Crippen LogP contribution is -2.28. The Morgan fingerprint density at radius 1 is 1.57 bits per heavy atom. The fourth-order valence-electron chi connectivity index (χ4n) is 2.08. The maximum atomic E-state index is 13.6. The summed E-state index contributed by atoms with van der Waals surface area (Å²) in [7, 11) is 0. The molecule has 0 radical (unpaired) electrons. The smallest absolute Gasteiger partial charge is 0.344 e. The first kappa shape index (κ1) is 17.2. The van der Waals surface area contributed by atoms with E-state index in [4.69, 9.17) is 19.4 Å². The summed E-state index contributed by atoms with van der Waals surface area (Å²) in [5.41, 5.74) is 0.755. The standard InChI is InChI=1S/C16H20FNO5/c1-3-4-7-21-14-9-22-18-15(14)12-8-11(17)5-6-13(12)23-10(2)16(19)20/h5-6,8,10,14H,3-4,7,9H2,1-2H3,(H,19,20). The molecule has 6 nitrogen and oxygen atoms in total. The van der Waals surface area contributed by atoms with Crippen LogP contribution in [0.1, 0.15) is 32.3 Å². The molecule has 2 unspecified atom stereocenters. The Hall–Kier alpha value is -2.15. The van der Waals surface area contributed by atoms with Crippen molar-refractivity contribution < 1.29 is 28.6 Å². The highest BCUT2D eigenvalue weighted by molar-refractivity contribution is 6.06. The molecule has 1 aliphatic heterocycles. The first-order valence-electron chi connectivity index (χ1n) is 7.53. The summed E-state index contributed by atoms with van der Waals surface area (Å²) in [6.07, 6.45) is 0.393. The van der Waals surface area contributed by atoms with Crippen LogP contribution in [0.5, 0.6) is 5.75 Å². The van der Waals surface area contributed by atoms with Crippen molar-refractivity contribution in [2.24, 2.45) is 5.16 Å². The van der Waals surface area contributed by atoms with Gasteiger partial charge in [0.2, 0.25) is 0 Å². The third-order valence-electron chi connectivity index (χ3n) is 3.38. The number of carboxylic acid groups (broad SMARTS) is 1. The van der Waals surface area contributed by atoms with Gasteiger partial charge in [0.15, 0.2) is 6.10 Å². The van der Waals surface area contributed by atoms with Crippen LogP contribution in [0.15, 0.2) is 23.4 Å². The van der Waals surface area contributed by atoms with Gasteiger partial charge < -0.3 is 19.4 Å². The van der Waals surface area contributed by atoms with E-state index >= 15 is 0 Å². The molecule has 1 aliphatic rings. The first-order valence-corrected chi connectivity index (χ1v) is 7.53. The third-order valence-corrected chi connectivity index (χ3v) is 3.38. The van der Waals surface area contributed by atoms with Crippen LogP contribution < -0.4 is 4.74 Å². The average molecular weight is 325 g/mol. The van der Waals surface area contributed by atoms with Crippen LogP contribution in [-0.2, 0) is 14.4 Å². The van der Waals surface area contributed by atoms with E-state index in [0.717, 1.165) is 12.8 Å². The third kappa shape index (κ3) is 4.41. The van der Waals surface area contributed by atoms with Gasteiger partial charge in [-0.05, 0) is 31.5 Å². The van der Waals surface area contributed by atoms with E-state index in [-0.39, 0.29) is 12.4 Å². The average Bonchev–Trinajstić information content (AvgIpc) is 2.97. The number of carbonyl (C=O) groups is 1.